The number of piperazine rings is 1. The van der Waals surface area contributed by atoms with E-state index in [9.17, 15) is 13.2 Å². The first kappa shape index (κ1) is 41.0. The molecule has 2 bridgehead atoms. The average Bonchev–Trinajstić information content (AvgIpc) is 3.38. The number of pyridine rings is 1. The number of benzene rings is 2. The Kier molecular flexibility index (Phi) is 10.5. The quantitative estimate of drug-likeness (QED) is 0.108. The third-order valence-electron chi connectivity index (χ3n) is 12.7. The van der Waals surface area contributed by atoms with E-state index in [0.29, 0.717) is 62.8 Å². The molecule has 0 unspecified atom stereocenters. The van der Waals surface area contributed by atoms with E-state index >= 15 is 8.78 Å². The maximum Gasteiger partial charge on any atom is 0.410 e. The summed E-state index contributed by atoms with van der Waals surface area (Å²) in [5.74, 6) is 1.92. The minimum Gasteiger partial charge on any atom is -0.444 e. The van der Waals surface area contributed by atoms with Crippen LogP contribution in [0.5, 0.6) is 0 Å². The smallest absolute Gasteiger partial charge is 0.410 e. The summed E-state index contributed by atoms with van der Waals surface area (Å²) >= 11 is 0. The van der Waals surface area contributed by atoms with E-state index in [0.717, 1.165) is 12.8 Å². The van der Waals surface area contributed by atoms with Gasteiger partial charge in [-0.2, -0.15) is 0 Å². The van der Waals surface area contributed by atoms with Crippen LogP contribution in [0.25, 0.3) is 32.9 Å². The van der Waals surface area contributed by atoms with Gasteiger partial charge in [-0.25, -0.2) is 36.9 Å². The van der Waals surface area contributed by atoms with Crippen LogP contribution in [0, 0.1) is 29.0 Å². The topological polar surface area (TPSA) is 106 Å². The highest BCUT2D eigenvalue weighted by atomic mass is 32.2. The highest BCUT2D eigenvalue weighted by molar-refractivity contribution is 7.91. The summed E-state index contributed by atoms with van der Waals surface area (Å²) in [6, 6.07) is 7.70. The molecule has 2 aromatic heterocycles. The van der Waals surface area contributed by atoms with Crippen LogP contribution in [0.1, 0.15) is 100 Å². The van der Waals surface area contributed by atoms with Gasteiger partial charge in [-0.1, -0.05) is 85.6 Å². The van der Waals surface area contributed by atoms with Gasteiger partial charge in [-0.05, 0) is 74.0 Å². The highest BCUT2D eigenvalue weighted by Gasteiger charge is 2.53. The molecule has 304 valence electrons. The van der Waals surface area contributed by atoms with Crippen LogP contribution < -0.4 is 4.90 Å². The molecule has 13 heteroatoms. The van der Waals surface area contributed by atoms with Crippen molar-refractivity contribution in [2.24, 2.45) is 5.92 Å². The predicted octanol–water partition coefficient (Wildman–Crippen LogP) is 9.64. The van der Waals surface area contributed by atoms with Crippen molar-refractivity contribution in [1.82, 2.24) is 19.9 Å². The van der Waals surface area contributed by atoms with Crippen LogP contribution in [0.15, 0.2) is 35.5 Å². The maximum atomic E-state index is 17.6. The molecule has 2 aromatic carbocycles. The van der Waals surface area contributed by atoms with Crippen molar-refractivity contribution < 1.29 is 26.7 Å². The van der Waals surface area contributed by atoms with Crippen LogP contribution in [-0.2, 0) is 21.0 Å². The second kappa shape index (κ2) is 14.6. The van der Waals surface area contributed by atoms with E-state index in [1.165, 1.54) is 13.0 Å². The Morgan fingerprint density at radius 3 is 2.30 bits per heavy atom. The molecule has 3 aliphatic rings. The minimum atomic E-state index is -4.00. The van der Waals surface area contributed by atoms with Gasteiger partial charge < -0.3 is 9.64 Å². The molecule has 5 heterocycles. The Hall–Kier alpha value is -4.15. The fourth-order valence-corrected chi connectivity index (χ4v) is 16.1. The summed E-state index contributed by atoms with van der Waals surface area (Å²) in [4.78, 5) is 31.8. The number of rotatable bonds is 6. The monoisotopic (exact) mass is 815 g/mol. The Balaban J connectivity index is 1.48. The second-order valence-corrected chi connectivity index (χ2v) is 25.9. The fraction of sp³-hybridized carbons (Fsp3) is 0.545. The molecule has 2 saturated heterocycles. The van der Waals surface area contributed by atoms with E-state index in [1.807, 2.05) is 31.7 Å². The van der Waals surface area contributed by atoms with Crippen LogP contribution in [0.2, 0.25) is 16.6 Å². The Bertz CT molecular complexity index is 2430. The van der Waals surface area contributed by atoms with Crippen molar-refractivity contribution >= 4 is 51.5 Å². The van der Waals surface area contributed by atoms with Gasteiger partial charge in [0.2, 0.25) is 15.0 Å². The molecule has 0 saturated carbocycles. The van der Waals surface area contributed by atoms with Crippen LogP contribution in [-0.4, -0.2) is 78.5 Å². The third kappa shape index (κ3) is 6.78. The maximum absolute atomic E-state index is 17.6. The summed E-state index contributed by atoms with van der Waals surface area (Å²) in [5, 5.41) is 1.02. The zero-order valence-electron chi connectivity index (χ0n) is 35.0. The van der Waals surface area contributed by atoms with Gasteiger partial charge in [0.05, 0.1) is 40.5 Å². The van der Waals surface area contributed by atoms with E-state index in [2.05, 4.69) is 69.8 Å². The number of hydrogen-bond donors (Lipinski definition) is 0. The first-order chi connectivity index (χ1) is 26.7. The zero-order valence-corrected chi connectivity index (χ0v) is 36.8. The van der Waals surface area contributed by atoms with Crippen molar-refractivity contribution in [2.75, 3.05) is 17.2 Å². The summed E-state index contributed by atoms with van der Waals surface area (Å²) in [6.07, 6.45) is 1.47. The number of fused-ring (bicyclic) bond motifs is 6. The van der Waals surface area contributed by atoms with E-state index in [-0.39, 0.29) is 52.7 Å². The van der Waals surface area contributed by atoms with E-state index < -0.39 is 40.3 Å². The van der Waals surface area contributed by atoms with Gasteiger partial charge in [0.15, 0.2) is 5.82 Å². The highest BCUT2D eigenvalue weighted by Crippen LogP contribution is 2.47. The molecule has 0 spiro atoms. The molecule has 0 N–H and O–H groups in total. The normalized spacial score (nSPS) is 21.0. The summed E-state index contributed by atoms with van der Waals surface area (Å²) in [6.45, 7) is 22.7. The van der Waals surface area contributed by atoms with Gasteiger partial charge >= 0.3 is 6.09 Å². The number of amides is 1. The molecule has 2 fully saturated rings. The number of aromatic nitrogens is 3. The summed E-state index contributed by atoms with van der Waals surface area (Å²) in [7, 11) is -6.29. The molecule has 0 radical (unpaired) electrons. The first-order valence-electron chi connectivity index (χ1n) is 20.4. The van der Waals surface area contributed by atoms with Crippen LogP contribution >= 0.6 is 0 Å². The number of sulfone groups is 1. The van der Waals surface area contributed by atoms with Crippen LogP contribution in [0.3, 0.4) is 0 Å². The standard InChI is InChI=1S/C44H55F2N5O4SSi/c1-12-56(53,54)42-48-39-36-33(22-27(8)40-34-19-17-29(23-50(40)41(36)49-42)51(34)43(52)55-44(9,10)11)47-38(37(39)46)31-15-13-14-28-16-18-32(45)30(35(28)31)20-21-57(24(2)3,25(4)5)26(6)7/h13-16,18,24-27,29,34,40H,12,17,19,22-23H2,1-11H3/t27-,29+,34-,40+/m0/s1. The van der Waals surface area contributed by atoms with Crippen molar-refractivity contribution in [2.45, 2.75) is 141 Å². The fourth-order valence-electron chi connectivity index (χ4n) is 10.2. The molecule has 4 aromatic rings. The van der Waals surface area contributed by atoms with Gasteiger partial charge in [-0.15, -0.1) is 5.54 Å². The minimum absolute atomic E-state index is 0.0506. The van der Waals surface area contributed by atoms with Crippen molar-refractivity contribution in [3.8, 4) is 22.7 Å². The Morgan fingerprint density at radius 2 is 1.67 bits per heavy atom. The lowest BCUT2D eigenvalue weighted by molar-refractivity contribution is 0.00491. The zero-order chi connectivity index (χ0) is 41.5. The number of carbonyl (C=O) groups is 1. The largest absolute Gasteiger partial charge is 0.444 e. The predicted molar refractivity (Wildman–Crippen MR) is 225 cm³/mol. The summed E-state index contributed by atoms with van der Waals surface area (Å²) < 4.78 is 66.7. The van der Waals surface area contributed by atoms with E-state index in [1.54, 1.807) is 18.2 Å². The molecular weight excluding hydrogens is 761 g/mol. The molecule has 7 rings (SSSR count). The molecular formula is C44H55F2N5O4SSi. The van der Waals surface area contributed by atoms with Crippen molar-refractivity contribution in [3.05, 3.63) is 53.2 Å². The lowest BCUT2D eigenvalue weighted by Crippen LogP contribution is -2.63. The molecule has 4 atom stereocenters. The number of ether oxygens (including phenoxy) is 1. The van der Waals surface area contributed by atoms with Gasteiger partial charge in [0, 0.05) is 17.5 Å². The van der Waals surface area contributed by atoms with Gasteiger partial charge in [0.25, 0.3) is 0 Å². The second-order valence-electron chi connectivity index (χ2n) is 18.2. The molecule has 57 heavy (non-hydrogen) atoms. The SMILES string of the molecule is CCS(=O)(=O)c1nc2c3c(nc(-c4cccc5ccc(F)c(C#C[Si](C(C)C)(C(C)C)C(C)C)c45)c(F)c3n1)C[C@H](C)[C@@H]1[C@@H]3CC[C@H](CN21)N3C(=O)OC(C)(C)C. The average molecular weight is 816 g/mol. The summed E-state index contributed by atoms with van der Waals surface area (Å²) in [5.41, 5.74) is 4.78. The number of carbonyl (C=O) groups excluding carboxylic acids is 1. The molecule has 9 nitrogen and oxygen atoms in total. The van der Waals surface area contributed by atoms with Gasteiger partial charge in [0.1, 0.15) is 36.5 Å². The van der Waals surface area contributed by atoms with Crippen molar-refractivity contribution in [3.63, 3.8) is 0 Å². The van der Waals surface area contributed by atoms with Gasteiger partial charge in [-0.3, -0.25) is 4.90 Å². The number of anilines is 1. The van der Waals surface area contributed by atoms with Crippen molar-refractivity contribution in [1.29, 1.82) is 0 Å². The van der Waals surface area contributed by atoms with E-state index in [4.69, 9.17) is 14.7 Å². The van der Waals surface area contributed by atoms with Crippen LogP contribution in [0.4, 0.5) is 19.4 Å². The molecule has 1 amide bonds. The number of halogens is 2. The Labute approximate surface area is 336 Å². The number of nitrogens with zero attached hydrogens (tertiary/aromatic N) is 5. The first-order valence-corrected chi connectivity index (χ1v) is 24.3. The number of hydrogen-bond acceptors (Lipinski definition) is 8. The third-order valence-corrected chi connectivity index (χ3v) is 20.5. The molecule has 3 aliphatic heterocycles. The lowest BCUT2D eigenvalue weighted by atomic mass is 9.88. The molecule has 0 aliphatic carbocycles. The lowest BCUT2D eigenvalue weighted by Gasteiger charge is -2.49. The Morgan fingerprint density at radius 1 is 0.982 bits per heavy atom.